The maximum Gasteiger partial charge on any atom is 0.410 e. The molecule has 0 atom stereocenters. The van der Waals surface area contributed by atoms with Gasteiger partial charge in [-0.05, 0) is 20.8 Å². The summed E-state index contributed by atoms with van der Waals surface area (Å²) in [5.74, 6) is 0. The number of thiol groups is 1. The van der Waals surface area contributed by atoms with Crippen molar-refractivity contribution in [2.75, 3.05) is 26.2 Å². The Morgan fingerprint density at radius 1 is 1.19 bits per heavy atom. The first-order valence-electron chi connectivity index (χ1n) is 5.25. The maximum atomic E-state index is 11.7. The molecule has 0 aromatic rings. The van der Waals surface area contributed by atoms with Gasteiger partial charge in [0.1, 0.15) is 9.92 Å². The molecule has 0 aromatic carbocycles. The molecule has 1 aliphatic rings. The molecule has 0 saturated carbocycles. The molecule has 0 unspecified atom stereocenters. The highest BCUT2D eigenvalue weighted by atomic mass is 32.1. The van der Waals surface area contributed by atoms with Gasteiger partial charge >= 0.3 is 6.09 Å². The summed E-state index contributed by atoms with van der Waals surface area (Å²) >= 11 is 9.08. The summed E-state index contributed by atoms with van der Waals surface area (Å²) < 4.78 is 5.88. The Bertz CT molecular complexity index is 281. The number of ether oxygens (including phenoxy) is 1. The van der Waals surface area contributed by atoms with E-state index in [1.165, 1.54) is 0 Å². The van der Waals surface area contributed by atoms with Crippen molar-refractivity contribution in [2.45, 2.75) is 26.4 Å². The molecule has 0 aromatic heterocycles. The topological polar surface area (TPSA) is 32.8 Å². The van der Waals surface area contributed by atoms with Crippen molar-refractivity contribution in [3.05, 3.63) is 0 Å². The quantitative estimate of drug-likeness (QED) is 0.532. The van der Waals surface area contributed by atoms with Crippen LogP contribution in [0.15, 0.2) is 0 Å². The van der Waals surface area contributed by atoms with Crippen LogP contribution in [0, 0.1) is 0 Å². The number of hydrogen-bond donors (Lipinski definition) is 1. The minimum Gasteiger partial charge on any atom is -0.444 e. The monoisotopic (exact) mass is 262 g/mol. The third-order valence-corrected chi connectivity index (χ3v) is 2.74. The van der Waals surface area contributed by atoms with E-state index in [4.69, 9.17) is 17.0 Å². The van der Waals surface area contributed by atoms with Crippen LogP contribution >= 0.6 is 24.8 Å². The highest BCUT2D eigenvalue weighted by molar-refractivity contribution is 8.10. The Hall–Kier alpha value is -0.490. The zero-order valence-corrected chi connectivity index (χ0v) is 11.6. The summed E-state index contributed by atoms with van der Waals surface area (Å²) in [7, 11) is 0. The maximum absolute atomic E-state index is 11.7. The van der Waals surface area contributed by atoms with Gasteiger partial charge in [-0.3, -0.25) is 0 Å². The van der Waals surface area contributed by atoms with Crippen LogP contribution in [0.4, 0.5) is 4.79 Å². The Balaban J connectivity index is 2.42. The molecule has 0 N–H and O–H groups in total. The first-order valence-corrected chi connectivity index (χ1v) is 6.11. The number of carbonyl (C=O) groups excluding carboxylic acids is 1. The highest BCUT2D eigenvalue weighted by Gasteiger charge is 2.25. The summed E-state index contributed by atoms with van der Waals surface area (Å²) in [4.78, 5) is 15.4. The summed E-state index contributed by atoms with van der Waals surface area (Å²) in [6.07, 6.45) is -0.253. The van der Waals surface area contributed by atoms with E-state index in [1.54, 1.807) is 4.90 Å². The van der Waals surface area contributed by atoms with Crippen molar-refractivity contribution in [2.24, 2.45) is 0 Å². The molecular formula is C10H18N2O2S2. The Kier molecular flexibility index (Phi) is 4.43. The fourth-order valence-electron chi connectivity index (χ4n) is 1.41. The summed E-state index contributed by atoms with van der Waals surface area (Å²) in [6.45, 7) is 8.31. The zero-order valence-electron chi connectivity index (χ0n) is 9.89. The van der Waals surface area contributed by atoms with Crippen molar-refractivity contribution in [3.63, 3.8) is 0 Å². The highest BCUT2D eigenvalue weighted by Crippen LogP contribution is 2.12. The molecule has 92 valence electrons. The predicted octanol–water partition coefficient (Wildman–Crippen LogP) is 1.75. The minimum atomic E-state index is -0.437. The number of thiocarbonyl (C=S) groups is 1. The average molecular weight is 262 g/mol. The fraction of sp³-hybridized carbons (Fsp3) is 0.800. The van der Waals surface area contributed by atoms with Crippen molar-refractivity contribution in [3.8, 4) is 0 Å². The molecule has 4 nitrogen and oxygen atoms in total. The Labute approximate surface area is 107 Å². The van der Waals surface area contributed by atoms with Crippen molar-refractivity contribution in [1.82, 2.24) is 9.80 Å². The minimum absolute atomic E-state index is 0.253. The number of amides is 1. The van der Waals surface area contributed by atoms with Crippen LogP contribution in [0.25, 0.3) is 0 Å². The Morgan fingerprint density at radius 2 is 1.62 bits per heavy atom. The van der Waals surface area contributed by atoms with Crippen molar-refractivity contribution in [1.29, 1.82) is 0 Å². The number of hydrogen-bond acceptors (Lipinski definition) is 3. The van der Waals surface area contributed by atoms with E-state index in [1.807, 2.05) is 25.7 Å². The molecule has 1 saturated heterocycles. The molecule has 16 heavy (non-hydrogen) atoms. The van der Waals surface area contributed by atoms with E-state index >= 15 is 0 Å². The van der Waals surface area contributed by atoms with Gasteiger partial charge in [0.05, 0.1) is 0 Å². The normalized spacial score (nSPS) is 17.2. The molecule has 1 heterocycles. The van der Waals surface area contributed by atoms with Crippen LogP contribution in [0.5, 0.6) is 0 Å². The number of nitrogens with zero attached hydrogens (tertiary/aromatic N) is 2. The number of carbonyl (C=O) groups is 1. The second-order valence-electron chi connectivity index (χ2n) is 4.74. The van der Waals surface area contributed by atoms with Gasteiger partial charge < -0.3 is 14.5 Å². The van der Waals surface area contributed by atoms with Gasteiger partial charge in [-0.15, -0.1) is 12.6 Å². The average Bonchev–Trinajstić information content (AvgIpc) is 2.15. The third kappa shape index (κ3) is 4.17. The lowest BCUT2D eigenvalue weighted by Crippen LogP contribution is -2.50. The molecule has 1 amide bonds. The first kappa shape index (κ1) is 13.6. The zero-order chi connectivity index (χ0) is 12.3. The molecule has 0 spiro atoms. The van der Waals surface area contributed by atoms with Gasteiger partial charge in [0.15, 0.2) is 0 Å². The SMILES string of the molecule is CC(C)(C)OC(=O)N1CCN(C(=S)S)CC1. The van der Waals surface area contributed by atoms with E-state index in [0.29, 0.717) is 17.4 Å². The molecule has 0 bridgehead atoms. The van der Waals surface area contributed by atoms with Gasteiger partial charge in [-0.25, -0.2) is 4.79 Å². The summed E-state index contributed by atoms with van der Waals surface area (Å²) in [5.41, 5.74) is -0.437. The van der Waals surface area contributed by atoms with Gasteiger partial charge in [-0.1, -0.05) is 12.2 Å². The van der Waals surface area contributed by atoms with Crippen LogP contribution in [0.1, 0.15) is 20.8 Å². The van der Waals surface area contributed by atoms with E-state index < -0.39 is 5.60 Å². The van der Waals surface area contributed by atoms with Crippen LogP contribution in [0.3, 0.4) is 0 Å². The molecule has 0 radical (unpaired) electrons. The van der Waals surface area contributed by atoms with Crippen molar-refractivity contribution >= 4 is 35.3 Å². The van der Waals surface area contributed by atoms with Gasteiger partial charge in [0.25, 0.3) is 0 Å². The molecule has 1 fully saturated rings. The fourth-order valence-corrected chi connectivity index (χ4v) is 1.79. The second kappa shape index (κ2) is 5.23. The third-order valence-electron chi connectivity index (χ3n) is 2.20. The Morgan fingerprint density at radius 3 is 2.00 bits per heavy atom. The summed E-state index contributed by atoms with van der Waals surface area (Å²) in [5, 5.41) is 0. The molecule has 1 rings (SSSR count). The van der Waals surface area contributed by atoms with E-state index in [0.717, 1.165) is 13.1 Å². The van der Waals surface area contributed by atoms with Gasteiger partial charge in [0.2, 0.25) is 0 Å². The van der Waals surface area contributed by atoms with Crippen LogP contribution in [0.2, 0.25) is 0 Å². The van der Waals surface area contributed by atoms with Crippen LogP contribution in [-0.2, 0) is 4.74 Å². The number of piperazine rings is 1. The van der Waals surface area contributed by atoms with Crippen LogP contribution < -0.4 is 0 Å². The molecule has 0 aliphatic carbocycles. The predicted molar refractivity (Wildman–Crippen MR) is 71.0 cm³/mol. The summed E-state index contributed by atoms with van der Waals surface area (Å²) in [6, 6.07) is 0. The van der Waals surface area contributed by atoms with Gasteiger partial charge in [0, 0.05) is 26.2 Å². The van der Waals surface area contributed by atoms with E-state index in [9.17, 15) is 4.79 Å². The standard InChI is InChI=1S/C10H18N2O2S2/c1-10(2,3)14-8(13)11-4-6-12(7-5-11)9(15)16/h4-7H2,1-3H3,(H,15,16). The second-order valence-corrected chi connectivity index (χ2v) is 5.85. The lowest BCUT2D eigenvalue weighted by Gasteiger charge is -2.35. The lowest BCUT2D eigenvalue weighted by molar-refractivity contribution is 0.0189. The number of rotatable bonds is 0. The van der Waals surface area contributed by atoms with Crippen molar-refractivity contribution < 1.29 is 9.53 Å². The van der Waals surface area contributed by atoms with Gasteiger partial charge in [-0.2, -0.15) is 0 Å². The van der Waals surface area contributed by atoms with E-state index in [-0.39, 0.29) is 6.09 Å². The van der Waals surface area contributed by atoms with Crippen LogP contribution in [-0.4, -0.2) is 52.0 Å². The first-order chi connectivity index (χ1) is 7.29. The largest absolute Gasteiger partial charge is 0.444 e. The molecular weight excluding hydrogens is 244 g/mol. The lowest BCUT2D eigenvalue weighted by atomic mass is 10.2. The smallest absolute Gasteiger partial charge is 0.410 e. The molecule has 1 aliphatic heterocycles. The van der Waals surface area contributed by atoms with E-state index in [2.05, 4.69) is 12.6 Å². The molecule has 6 heteroatoms.